The zero-order valence-electron chi connectivity index (χ0n) is 9.84. The predicted molar refractivity (Wildman–Crippen MR) is 60.2 cm³/mol. The van der Waals surface area contributed by atoms with Crippen LogP contribution in [0.2, 0.25) is 0 Å². The second-order valence-corrected chi connectivity index (χ2v) is 3.58. The van der Waals surface area contributed by atoms with E-state index in [-0.39, 0.29) is 17.1 Å². The van der Waals surface area contributed by atoms with Gasteiger partial charge in [0.1, 0.15) is 17.3 Å². The number of methoxy groups -OCH3 is 1. The summed E-state index contributed by atoms with van der Waals surface area (Å²) in [6.45, 7) is 0.878. The molecule has 1 unspecified atom stereocenters. The Hall–Kier alpha value is -1.92. The maximum atomic E-state index is 12.4. The van der Waals surface area contributed by atoms with Crippen molar-refractivity contribution >= 4 is 5.84 Å². The average Bonchev–Trinajstić information content (AvgIpc) is 2.27. The van der Waals surface area contributed by atoms with Crippen LogP contribution < -0.4 is 15.2 Å². The molecular formula is C11H13F3N2O2. The number of halogens is 3. The Morgan fingerprint density at radius 1 is 1.39 bits per heavy atom. The number of nitrogens with one attached hydrogen (secondary N) is 1. The molecule has 0 saturated carbocycles. The number of ether oxygens (including phenoxy) is 2. The lowest BCUT2D eigenvalue weighted by Gasteiger charge is -2.19. The summed E-state index contributed by atoms with van der Waals surface area (Å²) in [5, 5.41) is 7.28. The van der Waals surface area contributed by atoms with Gasteiger partial charge in [0.25, 0.3) is 0 Å². The minimum absolute atomic E-state index is 0.0897. The summed E-state index contributed by atoms with van der Waals surface area (Å²) in [6.07, 6.45) is -6.49. The van der Waals surface area contributed by atoms with Crippen molar-refractivity contribution in [3.8, 4) is 11.5 Å². The summed E-state index contributed by atoms with van der Waals surface area (Å²) in [4.78, 5) is 0. The maximum Gasteiger partial charge on any atom is 0.425 e. The molecule has 0 fully saturated rings. The van der Waals surface area contributed by atoms with Gasteiger partial charge in [0.2, 0.25) is 0 Å². The quantitative estimate of drug-likeness (QED) is 0.646. The van der Waals surface area contributed by atoms with Crippen molar-refractivity contribution in [2.45, 2.75) is 19.2 Å². The van der Waals surface area contributed by atoms with Crippen molar-refractivity contribution in [1.82, 2.24) is 0 Å². The number of benzene rings is 1. The highest BCUT2D eigenvalue weighted by Crippen LogP contribution is 2.29. The molecule has 1 atom stereocenters. The van der Waals surface area contributed by atoms with Gasteiger partial charge in [0, 0.05) is 6.07 Å². The standard InChI is InChI=1S/C11H13F3N2O2/c1-6(11(12,13)14)18-9-5-7(17-2)3-4-8(9)10(15)16/h3-6H,1-2H3,(H3,15,16). The van der Waals surface area contributed by atoms with E-state index in [1.165, 1.54) is 25.3 Å². The number of nitrogens with two attached hydrogens (primary N) is 1. The summed E-state index contributed by atoms with van der Waals surface area (Å²) >= 11 is 0. The summed E-state index contributed by atoms with van der Waals surface area (Å²) in [5.41, 5.74) is 5.36. The first-order chi connectivity index (χ1) is 8.25. The number of amidine groups is 1. The third-order valence-electron chi connectivity index (χ3n) is 2.24. The molecule has 0 aromatic heterocycles. The third kappa shape index (κ3) is 3.28. The fourth-order valence-electron chi connectivity index (χ4n) is 1.21. The van der Waals surface area contributed by atoms with E-state index >= 15 is 0 Å². The molecule has 100 valence electrons. The second-order valence-electron chi connectivity index (χ2n) is 3.58. The van der Waals surface area contributed by atoms with Crippen molar-refractivity contribution in [1.29, 1.82) is 5.41 Å². The van der Waals surface area contributed by atoms with Crippen molar-refractivity contribution in [3.05, 3.63) is 23.8 Å². The van der Waals surface area contributed by atoms with Crippen molar-refractivity contribution in [2.24, 2.45) is 5.73 Å². The average molecular weight is 262 g/mol. The van der Waals surface area contributed by atoms with Crippen LogP contribution in [-0.4, -0.2) is 25.2 Å². The third-order valence-corrected chi connectivity index (χ3v) is 2.24. The molecule has 1 aromatic rings. The lowest BCUT2D eigenvalue weighted by atomic mass is 10.1. The fraction of sp³-hybridized carbons (Fsp3) is 0.364. The molecule has 0 bridgehead atoms. The van der Waals surface area contributed by atoms with Crippen molar-refractivity contribution in [2.75, 3.05) is 7.11 Å². The summed E-state index contributed by atoms with van der Waals surface area (Å²) in [5.74, 6) is -0.182. The van der Waals surface area contributed by atoms with Crippen LogP contribution in [0.5, 0.6) is 11.5 Å². The summed E-state index contributed by atoms with van der Waals surface area (Å²) in [7, 11) is 1.37. The highest BCUT2D eigenvalue weighted by atomic mass is 19.4. The Morgan fingerprint density at radius 2 is 2.00 bits per heavy atom. The van der Waals surface area contributed by atoms with Crippen LogP contribution in [0.3, 0.4) is 0 Å². The van der Waals surface area contributed by atoms with Gasteiger partial charge in [-0.3, -0.25) is 5.41 Å². The number of hydrogen-bond acceptors (Lipinski definition) is 3. The van der Waals surface area contributed by atoms with E-state index in [0.717, 1.165) is 6.92 Å². The second kappa shape index (κ2) is 5.16. The van der Waals surface area contributed by atoms with Gasteiger partial charge in [0.15, 0.2) is 6.10 Å². The Kier molecular flexibility index (Phi) is 4.05. The minimum atomic E-state index is -4.49. The zero-order valence-corrected chi connectivity index (χ0v) is 9.84. The smallest absolute Gasteiger partial charge is 0.425 e. The van der Waals surface area contributed by atoms with E-state index in [2.05, 4.69) is 0 Å². The molecule has 7 heteroatoms. The van der Waals surface area contributed by atoms with Gasteiger partial charge >= 0.3 is 6.18 Å². The highest BCUT2D eigenvalue weighted by molar-refractivity contribution is 5.97. The molecule has 0 amide bonds. The van der Waals surface area contributed by atoms with Gasteiger partial charge in [-0.05, 0) is 19.1 Å². The van der Waals surface area contributed by atoms with E-state index in [1.54, 1.807) is 0 Å². The van der Waals surface area contributed by atoms with E-state index in [1.807, 2.05) is 0 Å². The van der Waals surface area contributed by atoms with Gasteiger partial charge in [-0.2, -0.15) is 13.2 Å². The monoisotopic (exact) mass is 262 g/mol. The molecular weight excluding hydrogens is 249 g/mol. The number of nitrogen functional groups attached to an aromatic ring is 1. The molecule has 1 rings (SSSR count). The van der Waals surface area contributed by atoms with Gasteiger partial charge in [-0.25, -0.2) is 0 Å². The molecule has 0 radical (unpaired) electrons. The molecule has 0 aliphatic rings. The Balaban J connectivity index is 3.08. The normalized spacial score (nSPS) is 12.9. The van der Waals surface area contributed by atoms with Crippen LogP contribution in [0.1, 0.15) is 12.5 Å². The minimum Gasteiger partial charge on any atom is -0.497 e. The van der Waals surface area contributed by atoms with Gasteiger partial charge < -0.3 is 15.2 Å². The lowest BCUT2D eigenvalue weighted by Crippen LogP contribution is -2.32. The van der Waals surface area contributed by atoms with E-state index in [0.29, 0.717) is 5.75 Å². The topological polar surface area (TPSA) is 68.3 Å². The molecule has 18 heavy (non-hydrogen) atoms. The molecule has 0 spiro atoms. The van der Waals surface area contributed by atoms with Crippen LogP contribution in [0.25, 0.3) is 0 Å². The van der Waals surface area contributed by atoms with Crippen molar-refractivity contribution in [3.63, 3.8) is 0 Å². The van der Waals surface area contributed by atoms with E-state index in [9.17, 15) is 13.2 Å². The van der Waals surface area contributed by atoms with Crippen LogP contribution in [0.4, 0.5) is 13.2 Å². The largest absolute Gasteiger partial charge is 0.497 e. The lowest BCUT2D eigenvalue weighted by molar-refractivity contribution is -0.189. The highest BCUT2D eigenvalue weighted by Gasteiger charge is 2.38. The first-order valence-corrected chi connectivity index (χ1v) is 5.01. The Bertz CT molecular complexity index is 446. The van der Waals surface area contributed by atoms with Crippen molar-refractivity contribution < 1.29 is 22.6 Å². The van der Waals surface area contributed by atoms with Gasteiger partial charge in [-0.1, -0.05) is 0 Å². The number of alkyl halides is 3. The zero-order chi connectivity index (χ0) is 13.9. The molecule has 3 N–H and O–H groups in total. The maximum absolute atomic E-state index is 12.4. The van der Waals surface area contributed by atoms with Gasteiger partial charge in [-0.15, -0.1) is 0 Å². The molecule has 0 aliphatic carbocycles. The molecule has 0 heterocycles. The van der Waals surface area contributed by atoms with E-state index in [4.69, 9.17) is 20.6 Å². The first kappa shape index (κ1) is 14.1. The Morgan fingerprint density at radius 3 is 2.44 bits per heavy atom. The number of rotatable bonds is 4. The fourth-order valence-corrected chi connectivity index (χ4v) is 1.21. The van der Waals surface area contributed by atoms with Crippen LogP contribution in [-0.2, 0) is 0 Å². The van der Waals surface area contributed by atoms with Crippen LogP contribution >= 0.6 is 0 Å². The summed E-state index contributed by atoms with van der Waals surface area (Å²) in [6, 6.07) is 4.13. The van der Waals surface area contributed by atoms with Crippen LogP contribution in [0, 0.1) is 5.41 Å². The predicted octanol–water partition coefficient (Wildman–Crippen LogP) is 2.31. The molecule has 0 aliphatic heterocycles. The van der Waals surface area contributed by atoms with Crippen LogP contribution in [0.15, 0.2) is 18.2 Å². The number of hydrogen-bond donors (Lipinski definition) is 2. The molecule has 1 aromatic carbocycles. The Labute approximate surface area is 102 Å². The SMILES string of the molecule is COc1ccc(C(=N)N)c(OC(C)C(F)(F)F)c1. The summed E-state index contributed by atoms with van der Waals surface area (Å²) < 4.78 is 46.9. The molecule has 0 saturated heterocycles. The first-order valence-electron chi connectivity index (χ1n) is 5.01. The molecule has 4 nitrogen and oxygen atoms in total. The van der Waals surface area contributed by atoms with Gasteiger partial charge in [0.05, 0.1) is 12.7 Å². The van der Waals surface area contributed by atoms with E-state index < -0.39 is 12.3 Å².